The van der Waals surface area contributed by atoms with Crippen LogP contribution in [0.1, 0.15) is 17.5 Å². The van der Waals surface area contributed by atoms with E-state index < -0.39 is 0 Å². The normalized spacial score (nSPS) is 12.6. The van der Waals surface area contributed by atoms with E-state index in [9.17, 15) is 0 Å². The Kier molecular flexibility index (Phi) is 13.2. The molecule has 0 atom stereocenters. The average molecular weight is 473 g/mol. The van der Waals surface area contributed by atoms with Crippen LogP contribution in [0, 0.1) is 13.0 Å². The van der Waals surface area contributed by atoms with Crippen molar-refractivity contribution in [3.63, 3.8) is 0 Å². The molecule has 4 rings (SSSR count). The molecule has 3 heteroatoms. The van der Waals surface area contributed by atoms with Crippen molar-refractivity contribution in [3.05, 3.63) is 114 Å². The summed E-state index contributed by atoms with van der Waals surface area (Å²) >= 11 is 0. The Hall–Kier alpha value is -1.27. The summed E-state index contributed by atoms with van der Waals surface area (Å²) in [4.78, 5) is 0. The smallest absolute Gasteiger partial charge is 1.00 e. The van der Waals surface area contributed by atoms with Gasteiger partial charge >= 0.3 is 26.2 Å². The molecule has 0 spiro atoms. The first-order valence-electron chi connectivity index (χ1n) is 8.44. The minimum atomic E-state index is 0. The van der Waals surface area contributed by atoms with Gasteiger partial charge in [-0.1, -0.05) is 42.3 Å². The molecule has 0 radical (unpaired) electrons. The van der Waals surface area contributed by atoms with Gasteiger partial charge < -0.3 is 24.8 Å². The molecule has 0 amide bonds. The van der Waals surface area contributed by atoms with Gasteiger partial charge in [-0.15, -0.1) is 35.7 Å². The van der Waals surface area contributed by atoms with Crippen LogP contribution in [-0.2, 0) is 32.6 Å². The summed E-state index contributed by atoms with van der Waals surface area (Å²) in [6.07, 6.45) is 13.7. The van der Waals surface area contributed by atoms with E-state index in [0.717, 1.165) is 12.8 Å². The minimum Gasteiger partial charge on any atom is -1.00 e. The summed E-state index contributed by atoms with van der Waals surface area (Å²) in [6.45, 7) is 2.14. The molecule has 0 saturated carbocycles. The van der Waals surface area contributed by atoms with Crippen LogP contribution in [-0.4, -0.2) is 0 Å². The van der Waals surface area contributed by atoms with Crippen LogP contribution in [0.5, 0.6) is 0 Å². The maximum Gasteiger partial charge on any atom is 4.00 e. The second-order valence-corrected chi connectivity index (χ2v) is 6.01. The SMILES string of the molecule is Cc1cccc(CCC=C2[C-]=CC=C2)c1.[Cl-].[Cl-].[Zr+4].c1ccc2[cH-]ccc2c1. The average Bonchev–Trinajstić information content (AvgIpc) is 3.27. The molecular formula is C24H22Cl2Zr. The summed E-state index contributed by atoms with van der Waals surface area (Å²) < 4.78 is 0. The van der Waals surface area contributed by atoms with Gasteiger partial charge in [-0.25, -0.2) is 0 Å². The topological polar surface area (TPSA) is 0 Å². The van der Waals surface area contributed by atoms with Crippen LogP contribution in [0.3, 0.4) is 0 Å². The van der Waals surface area contributed by atoms with E-state index in [1.54, 1.807) is 0 Å². The van der Waals surface area contributed by atoms with E-state index >= 15 is 0 Å². The third-order valence-corrected chi connectivity index (χ3v) is 4.05. The fourth-order valence-corrected chi connectivity index (χ4v) is 2.80. The van der Waals surface area contributed by atoms with Gasteiger partial charge in [0.05, 0.1) is 0 Å². The fraction of sp³-hybridized carbons (Fsp3) is 0.125. The molecule has 0 saturated heterocycles. The Morgan fingerprint density at radius 1 is 1.00 bits per heavy atom. The number of hydrogen-bond donors (Lipinski definition) is 0. The number of fused-ring (bicyclic) bond motifs is 1. The summed E-state index contributed by atoms with van der Waals surface area (Å²) in [6, 6.07) is 23.4. The Balaban J connectivity index is 0.000000491. The van der Waals surface area contributed by atoms with Gasteiger partial charge in [0.1, 0.15) is 0 Å². The molecule has 27 heavy (non-hydrogen) atoms. The number of allylic oxidation sites excluding steroid dienone is 6. The molecule has 0 bridgehead atoms. The molecule has 1 aliphatic carbocycles. The summed E-state index contributed by atoms with van der Waals surface area (Å²) in [5, 5.41) is 2.66. The Morgan fingerprint density at radius 3 is 2.52 bits per heavy atom. The van der Waals surface area contributed by atoms with Crippen LogP contribution in [0.25, 0.3) is 10.8 Å². The van der Waals surface area contributed by atoms with Crippen molar-refractivity contribution in [1.29, 1.82) is 0 Å². The molecule has 136 valence electrons. The summed E-state index contributed by atoms with van der Waals surface area (Å²) in [7, 11) is 0. The second kappa shape index (κ2) is 13.8. The monoisotopic (exact) mass is 470 g/mol. The van der Waals surface area contributed by atoms with Gasteiger partial charge in [-0.3, -0.25) is 0 Å². The zero-order chi connectivity index (χ0) is 16.6. The van der Waals surface area contributed by atoms with Gasteiger partial charge in [0.2, 0.25) is 0 Å². The fourth-order valence-electron chi connectivity index (χ4n) is 2.80. The molecule has 0 heterocycles. The van der Waals surface area contributed by atoms with Crippen LogP contribution in [0.2, 0.25) is 0 Å². The molecule has 0 fully saturated rings. The van der Waals surface area contributed by atoms with Gasteiger partial charge in [-0.2, -0.15) is 47.4 Å². The molecule has 3 aromatic rings. The van der Waals surface area contributed by atoms with Crippen LogP contribution in [0.15, 0.2) is 96.6 Å². The van der Waals surface area contributed by atoms with Crippen molar-refractivity contribution in [2.24, 2.45) is 0 Å². The van der Waals surface area contributed by atoms with Crippen molar-refractivity contribution in [2.45, 2.75) is 19.8 Å². The summed E-state index contributed by atoms with van der Waals surface area (Å²) in [5.41, 5.74) is 3.97. The first kappa shape index (κ1) is 25.7. The number of halogens is 2. The number of hydrogen-bond acceptors (Lipinski definition) is 0. The summed E-state index contributed by atoms with van der Waals surface area (Å²) in [5.74, 6) is 0. The largest absolute Gasteiger partial charge is 4.00 e. The third-order valence-electron chi connectivity index (χ3n) is 4.05. The molecular weight excluding hydrogens is 450 g/mol. The van der Waals surface area contributed by atoms with E-state index in [-0.39, 0.29) is 51.0 Å². The first-order chi connectivity index (χ1) is 11.8. The number of benzene rings is 2. The molecule has 0 aliphatic heterocycles. The van der Waals surface area contributed by atoms with Gasteiger partial charge in [0, 0.05) is 0 Å². The van der Waals surface area contributed by atoms with Crippen molar-refractivity contribution in [2.75, 3.05) is 0 Å². The van der Waals surface area contributed by atoms with Crippen molar-refractivity contribution < 1.29 is 51.0 Å². The molecule has 0 N–H and O–H groups in total. The van der Waals surface area contributed by atoms with Gasteiger partial charge in [0.25, 0.3) is 0 Å². The number of rotatable bonds is 3. The predicted octanol–water partition coefficient (Wildman–Crippen LogP) is 0.347. The van der Waals surface area contributed by atoms with E-state index in [1.165, 1.54) is 27.5 Å². The van der Waals surface area contributed by atoms with Crippen molar-refractivity contribution in [3.8, 4) is 0 Å². The van der Waals surface area contributed by atoms with E-state index in [2.05, 4.69) is 91.9 Å². The quantitative estimate of drug-likeness (QED) is 0.483. The number of aryl methyl sites for hydroxylation is 2. The Bertz CT molecular complexity index is 844. The standard InChI is InChI=1S/C15H15.C9H7.2ClH.Zr/c1-13-6-4-10-15(12-13)11-5-9-14-7-2-3-8-14;1-2-5-9-7-3-6-8(9)4-1;;;/h2-4,6-7,9-10,12H,5,11H2,1H3;1-7H;2*1H;/q2*-1;;;+4/p-2. The Labute approximate surface area is 194 Å². The predicted molar refractivity (Wildman–Crippen MR) is 104 cm³/mol. The van der Waals surface area contributed by atoms with Crippen LogP contribution < -0.4 is 24.8 Å². The molecule has 3 aromatic carbocycles. The van der Waals surface area contributed by atoms with E-state index in [0.29, 0.717) is 0 Å². The van der Waals surface area contributed by atoms with Crippen molar-refractivity contribution >= 4 is 10.8 Å². The first-order valence-corrected chi connectivity index (χ1v) is 8.44. The van der Waals surface area contributed by atoms with Crippen molar-refractivity contribution in [1.82, 2.24) is 0 Å². The molecule has 0 nitrogen and oxygen atoms in total. The molecule has 1 aliphatic rings. The van der Waals surface area contributed by atoms with E-state index in [1.807, 2.05) is 12.2 Å². The van der Waals surface area contributed by atoms with Gasteiger partial charge in [-0.05, 0) is 18.9 Å². The van der Waals surface area contributed by atoms with Crippen LogP contribution in [0.4, 0.5) is 0 Å². The third kappa shape index (κ3) is 8.52. The molecule has 0 aromatic heterocycles. The maximum atomic E-state index is 3.18. The van der Waals surface area contributed by atoms with Crippen LogP contribution >= 0.6 is 0 Å². The molecule has 0 unspecified atom stereocenters. The second-order valence-electron chi connectivity index (χ2n) is 6.01. The zero-order valence-corrected chi connectivity index (χ0v) is 19.3. The maximum absolute atomic E-state index is 3.18. The Morgan fingerprint density at radius 2 is 1.81 bits per heavy atom. The van der Waals surface area contributed by atoms with E-state index in [4.69, 9.17) is 0 Å². The minimum absolute atomic E-state index is 0. The van der Waals surface area contributed by atoms with Gasteiger partial charge in [0.15, 0.2) is 0 Å². The zero-order valence-electron chi connectivity index (χ0n) is 15.3.